The summed E-state index contributed by atoms with van der Waals surface area (Å²) in [6.45, 7) is 8.42. The van der Waals surface area contributed by atoms with Crippen LogP contribution in [-0.4, -0.2) is 60.8 Å². The van der Waals surface area contributed by atoms with Crippen LogP contribution in [0.4, 0.5) is 10.5 Å². The molecule has 2 heterocycles. The van der Waals surface area contributed by atoms with E-state index in [1.54, 1.807) is 12.1 Å². The number of nitrogens with one attached hydrogen (secondary N) is 2. The van der Waals surface area contributed by atoms with Gasteiger partial charge in [0.05, 0.1) is 12.2 Å². The van der Waals surface area contributed by atoms with E-state index in [0.29, 0.717) is 29.3 Å². The maximum atomic E-state index is 12.6. The topological polar surface area (TPSA) is 106 Å². The first-order valence-electron chi connectivity index (χ1n) is 10.1. The van der Waals surface area contributed by atoms with Crippen molar-refractivity contribution < 1.29 is 28.6 Å². The van der Waals surface area contributed by atoms with Crippen molar-refractivity contribution in [1.82, 2.24) is 10.2 Å². The molecule has 2 aliphatic heterocycles. The minimum atomic E-state index is -0.558. The number of likely N-dealkylation sites (tertiary alicyclic amines) is 1. The number of piperidine rings is 1. The molecule has 9 nitrogen and oxygen atoms in total. The molecular weight excluding hydrogens is 390 g/mol. The molecule has 2 aliphatic rings. The van der Waals surface area contributed by atoms with Gasteiger partial charge in [-0.2, -0.15) is 0 Å². The van der Waals surface area contributed by atoms with Gasteiger partial charge >= 0.3 is 6.09 Å². The first-order chi connectivity index (χ1) is 14.1. The number of ether oxygens (including phenoxy) is 3. The van der Waals surface area contributed by atoms with Gasteiger partial charge in [0.25, 0.3) is 0 Å². The van der Waals surface area contributed by atoms with E-state index in [4.69, 9.17) is 14.2 Å². The number of rotatable bonds is 5. The molecule has 1 unspecified atom stereocenters. The third-order valence-corrected chi connectivity index (χ3v) is 4.76. The van der Waals surface area contributed by atoms with Crippen molar-refractivity contribution in [2.75, 3.05) is 31.7 Å². The quantitative estimate of drug-likeness (QED) is 0.707. The predicted octanol–water partition coefficient (Wildman–Crippen LogP) is 2.55. The van der Waals surface area contributed by atoms with Crippen LogP contribution in [0.2, 0.25) is 0 Å². The standard InChI is InChI=1S/C21H29N3O6/c1-13(25)15-8-17-18(29-12-28-17)9-16(15)23-19(26)11-24-7-5-6-14(10-24)22-20(27)30-21(2,3)4/h8-9,14H,5-7,10-12H2,1-4H3,(H,22,27)(H,23,26). The van der Waals surface area contributed by atoms with Crippen LogP contribution in [-0.2, 0) is 9.53 Å². The van der Waals surface area contributed by atoms with Crippen molar-refractivity contribution in [2.24, 2.45) is 0 Å². The van der Waals surface area contributed by atoms with Crippen LogP contribution >= 0.6 is 0 Å². The largest absolute Gasteiger partial charge is 0.454 e. The minimum absolute atomic E-state index is 0.0836. The molecule has 2 amide bonds. The van der Waals surface area contributed by atoms with Gasteiger partial charge in [-0.15, -0.1) is 0 Å². The fourth-order valence-electron chi connectivity index (χ4n) is 3.52. The Hall–Kier alpha value is -2.81. The molecule has 0 spiro atoms. The number of benzene rings is 1. The molecule has 9 heteroatoms. The normalized spacial score (nSPS) is 18.6. The molecule has 3 rings (SSSR count). The summed E-state index contributed by atoms with van der Waals surface area (Å²) in [7, 11) is 0. The molecule has 0 aliphatic carbocycles. The number of ketones is 1. The minimum Gasteiger partial charge on any atom is -0.454 e. The first kappa shape index (κ1) is 21.9. The van der Waals surface area contributed by atoms with Gasteiger partial charge in [0.15, 0.2) is 17.3 Å². The zero-order valence-electron chi connectivity index (χ0n) is 17.9. The second-order valence-electron chi connectivity index (χ2n) is 8.58. The van der Waals surface area contributed by atoms with E-state index in [9.17, 15) is 14.4 Å². The Bertz CT molecular complexity index is 833. The van der Waals surface area contributed by atoms with Crippen molar-refractivity contribution in [3.63, 3.8) is 0 Å². The van der Waals surface area contributed by atoms with E-state index >= 15 is 0 Å². The second kappa shape index (κ2) is 8.91. The molecule has 1 fully saturated rings. The van der Waals surface area contributed by atoms with Crippen LogP contribution in [0, 0.1) is 0 Å². The molecule has 30 heavy (non-hydrogen) atoms. The highest BCUT2D eigenvalue weighted by Gasteiger charge is 2.26. The fourth-order valence-corrected chi connectivity index (χ4v) is 3.52. The van der Waals surface area contributed by atoms with Crippen molar-refractivity contribution in [1.29, 1.82) is 0 Å². The molecule has 2 N–H and O–H groups in total. The summed E-state index contributed by atoms with van der Waals surface area (Å²) in [4.78, 5) is 38.6. The first-order valence-corrected chi connectivity index (χ1v) is 10.1. The van der Waals surface area contributed by atoms with Crippen molar-refractivity contribution in [3.8, 4) is 11.5 Å². The Morgan fingerprint density at radius 2 is 1.90 bits per heavy atom. The van der Waals surface area contributed by atoms with Crippen LogP contribution in [0.3, 0.4) is 0 Å². The fraction of sp³-hybridized carbons (Fsp3) is 0.571. The molecule has 1 atom stereocenters. The Morgan fingerprint density at radius 3 is 2.57 bits per heavy atom. The summed E-state index contributed by atoms with van der Waals surface area (Å²) >= 11 is 0. The molecule has 1 aromatic carbocycles. The number of hydrogen-bond acceptors (Lipinski definition) is 7. The molecule has 0 aromatic heterocycles. The van der Waals surface area contributed by atoms with Gasteiger partial charge in [-0.1, -0.05) is 0 Å². The number of carbonyl (C=O) groups is 3. The highest BCUT2D eigenvalue weighted by Crippen LogP contribution is 2.37. The lowest BCUT2D eigenvalue weighted by atomic mass is 10.1. The van der Waals surface area contributed by atoms with Gasteiger partial charge in [0.2, 0.25) is 12.7 Å². The smallest absolute Gasteiger partial charge is 0.407 e. The van der Waals surface area contributed by atoms with Gasteiger partial charge in [-0.25, -0.2) is 4.79 Å². The lowest BCUT2D eigenvalue weighted by Gasteiger charge is -2.33. The van der Waals surface area contributed by atoms with Crippen molar-refractivity contribution in [3.05, 3.63) is 17.7 Å². The van der Waals surface area contributed by atoms with Gasteiger partial charge in [0, 0.05) is 24.2 Å². The summed E-state index contributed by atoms with van der Waals surface area (Å²) in [6, 6.07) is 3.11. The van der Waals surface area contributed by atoms with E-state index in [1.165, 1.54) is 6.92 Å². The summed E-state index contributed by atoms with van der Waals surface area (Å²) in [6.07, 6.45) is 1.23. The summed E-state index contributed by atoms with van der Waals surface area (Å²) in [5.41, 5.74) is 0.213. The van der Waals surface area contributed by atoms with E-state index in [0.717, 1.165) is 19.4 Å². The van der Waals surface area contributed by atoms with E-state index < -0.39 is 11.7 Å². The number of anilines is 1. The molecule has 0 bridgehead atoms. The summed E-state index contributed by atoms with van der Waals surface area (Å²) in [5, 5.41) is 5.68. The van der Waals surface area contributed by atoms with Crippen LogP contribution < -0.4 is 20.1 Å². The van der Waals surface area contributed by atoms with Gasteiger partial charge in [-0.05, 0) is 53.1 Å². The van der Waals surface area contributed by atoms with Crippen LogP contribution in [0.25, 0.3) is 0 Å². The lowest BCUT2D eigenvalue weighted by molar-refractivity contribution is -0.117. The third kappa shape index (κ3) is 5.85. The average Bonchev–Trinajstić information content (AvgIpc) is 3.06. The number of Topliss-reactive ketones (excluding diaryl/α,β-unsaturated/α-hetero) is 1. The van der Waals surface area contributed by atoms with E-state index in [1.807, 2.05) is 25.7 Å². The molecular formula is C21H29N3O6. The Labute approximate surface area is 176 Å². The number of nitrogens with zero attached hydrogens (tertiary/aromatic N) is 1. The van der Waals surface area contributed by atoms with E-state index in [2.05, 4.69) is 10.6 Å². The summed E-state index contributed by atoms with van der Waals surface area (Å²) in [5.74, 6) is 0.567. The Balaban J connectivity index is 1.57. The second-order valence-corrected chi connectivity index (χ2v) is 8.58. The Morgan fingerprint density at radius 1 is 1.20 bits per heavy atom. The average molecular weight is 419 g/mol. The SMILES string of the molecule is CC(=O)c1cc2c(cc1NC(=O)CN1CCCC(NC(=O)OC(C)(C)C)C1)OCO2. The molecule has 0 radical (unpaired) electrons. The predicted molar refractivity (Wildman–Crippen MR) is 110 cm³/mol. The highest BCUT2D eigenvalue weighted by atomic mass is 16.7. The number of hydrogen-bond donors (Lipinski definition) is 2. The lowest BCUT2D eigenvalue weighted by Crippen LogP contribution is -2.50. The van der Waals surface area contributed by atoms with E-state index in [-0.39, 0.29) is 31.1 Å². The zero-order valence-corrected chi connectivity index (χ0v) is 17.9. The molecule has 0 saturated carbocycles. The molecule has 164 valence electrons. The summed E-state index contributed by atoms with van der Waals surface area (Å²) < 4.78 is 16.0. The van der Waals surface area contributed by atoms with Crippen molar-refractivity contribution >= 4 is 23.5 Å². The highest BCUT2D eigenvalue weighted by molar-refractivity contribution is 6.05. The maximum absolute atomic E-state index is 12.6. The van der Waals surface area contributed by atoms with Crippen molar-refractivity contribution in [2.45, 2.75) is 52.2 Å². The van der Waals surface area contributed by atoms with Crippen LogP contribution in [0.5, 0.6) is 11.5 Å². The molecule has 1 aromatic rings. The monoisotopic (exact) mass is 419 g/mol. The molecule has 1 saturated heterocycles. The number of alkyl carbamates (subject to hydrolysis) is 1. The Kier molecular flexibility index (Phi) is 6.50. The van der Waals surface area contributed by atoms with Crippen LogP contribution in [0.1, 0.15) is 50.9 Å². The van der Waals surface area contributed by atoms with Gasteiger partial charge in [0.1, 0.15) is 5.60 Å². The number of carbonyl (C=O) groups excluding carboxylic acids is 3. The maximum Gasteiger partial charge on any atom is 0.407 e. The van der Waals surface area contributed by atoms with Gasteiger partial charge in [-0.3, -0.25) is 14.5 Å². The third-order valence-electron chi connectivity index (χ3n) is 4.76. The zero-order chi connectivity index (χ0) is 21.9. The van der Waals surface area contributed by atoms with Crippen LogP contribution in [0.15, 0.2) is 12.1 Å². The number of amides is 2. The number of fused-ring (bicyclic) bond motifs is 1. The van der Waals surface area contributed by atoms with Gasteiger partial charge < -0.3 is 24.8 Å².